The Balaban J connectivity index is 1.86. The highest BCUT2D eigenvalue weighted by Gasteiger charge is 2.36. The van der Waals surface area contributed by atoms with Crippen molar-refractivity contribution in [3.8, 4) is 0 Å². The summed E-state index contributed by atoms with van der Waals surface area (Å²) in [5.41, 5.74) is 1.85. The number of aliphatic hydroxyl groups excluding tert-OH is 1. The predicted octanol–water partition coefficient (Wildman–Crippen LogP) is 1.93. The second kappa shape index (κ2) is 5.87. The summed E-state index contributed by atoms with van der Waals surface area (Å²) >= 11 is 0. The van der Waals surface area contributed by atoms with E-state index in [1.54, 1.807) is 6.26 Å². The van der Waals surface area contributed by atoms with Crippen molar-refractivity contribution in [2.24, 2.45) is 0 Å². The molecular weight excluding hydrogens is 270 g/mol. The molecule has 0 amide bonds. The van der Waals surface area contributed by atoms with Gasteiger partial charge in [0.25, 0.3) is 0 Å². The summed E-state index contributed by atoms with van der Waals surface area (Å²) in [6, 6.07) is 7.21. The molecule has 5 heteroatoms. The molecule has 0 bridgehead atoms. The highest BCUT2D eigenvalue weighted by molar-refractivity contribution is 5.81. The summed E-state index contributed by atoms with van der Waals surface area (Å²) in [5, 5.41) is 11.2. The number of benzene rings is 1. The third-order valence-corrected chi connectivity index (χ3v) is 4.08. The average Bonchev–Trinajstić information content (AvgIpc) is 2.90. The van der Waals surface area contributed by atoms with E-state index >= 15 is 0 Å². The Morgan fingerprint density at radius 2 is 2.29 bits per heavy atom. The zero-order valence-corrected chi connectivity index (χ0v) is 12.0. The number of aliphatic hydroxyl groups is 1. The first kappa shape index (κ1) is 14.1. The molecule has 1 saturated heterocycles. The first-order valence-corrected chi connectivity index (χ1v) is 7.16. The van der Waals surface area contributed by atoms with Crippen LogP contribution in [0.4, 0.5) is 0 Å². The van der Waals surface area contributed by atoms with Crippen molar-refractivity contribution in [3.63, 3.8) is 0 Å². The minimum atomic E-state index is -0.677. The lowest BCUT2D eigenvalue weighted by Crippen LogP contribution is -2.52. The van der Waals surface area contributed by atoms with Gasteiger partial charge >= 0.3 is 5.97 Å². The van der Waals surface area contributed by atoms with Crippen LogP contribution in [0.1, 0.15) is 18.4 Å². The van der Waals surface area contributed by atoms with Crippen molar-refractivity contribution in [3.05, 3.63) is 36.1 Å². The molecule has 1 aromatic carbocycles. The van der Waals surface area contributed by atoms with Crippen LogP contribution in [0.5, 0.6) is 0 Å². The molecule has 21 heavy (non-hydrogen) atoms. The lowest BCUT2D eigenvalue weighted by Gasteiger charge is -2.36. The number of carbonyl (C=O) groups excluding carboxylic acids is 1. The van der Waals surface area contributed by atoms with E-state index < -0.39 is 12.1 Å². The minimum absolute atomic E-state index is 0.380. The molecule has 0 spiro atoms. The molecule has 2 aromatic rings. The number of furan rings is 1. The number of para-hydroxylation sites is 1. The summed E-state index contributed by atoms with van der Waals surface area (Å²) in [5.74, 6) is -0.380. The smallest absolute Gasteiger partial charge is 0.325 e. The Morgan fingerprint density at radius 3 is 3.10 bits per heavy atom. The molecular formula is C16H19NO4. The van der Waals surface area contributed by atoms with Crippen molar-refractivity contribution in [2.45, 2.75) is 31.5 Å². The molecule has 2 atom stereocenters. The van der Waals surface area contributed by atoms with Gasteiger partial charge in [-0.25, -0.2) is 0 Å². The van der Waals surface area contributed by atoms with Gasteiger partial charge in [-0.3, -0.25) is 9.69 Å². The summed E-state index contributed by atoms with van der Waals surface area (Å²) < 4.78 is 10.4. The maximum absolute atomic E-state index is 11.9. The lowest BCUT2D eigenvalue weighted by molar-refractivity contribution is -0.154. The van der Waals surface area contributed by atoms with Gasteiger partial charge in [-0.2, -0.15) is 0 Å². The van der Waals surface area contributed by atoms with E-state index in [0.717, 1.165) is 29.5 Å². The van der Waals surface area contributed by atoms with Crippen molar-refractivity contribution >= 4 is 16.9 Å². The van der Waals surface area contributed by atoms with Crippen molar-refractivity contribution in [2.75, 3.05) is 13.7 Å². The zero-order valence-electron chi connectivity index (χ0n) is 12.0. The summed E-state index contributed by atoms with van der Waals surface area (Å²) in [7, 11) is 1.36. The molecule has 1 aliphatic heterocycles. The van der Waals surface area contributed by atoms with Crippen molar-refractivity contribution < 1.29 is 19.1 Å². The van der Waals surface area contributed by atoms with Gasteiger partial charge in [0.15, 0.2) is 0 Å². The number of carbonyl (C=O) groups is 1. The molecule has 3 rings (SSSR count). The topological polar surface area (TPSA) is 62.9 Å². The molecule has 0 radical (unpaired) electrons. The first-order valence-electron chi connectivity index (χ1n) is 7.16. The molecule has 0 aliphatic carbocycles. The zero-order chi connectivity index (χ0) is 14.8. The average molecular weight is 289 g/mol. The standard InChI is InChI=1S/C16H19NO4/c1-20-16(19)15-13(18)6-4-8-17(15)9-11-10-21-14-7-3-2-5-12(11)14/h2-3,5,7,10,13,15,18H,4,6,8-9H2,1H3/t13-,15-/m1/s1. The van der Waals surface area contributed by atoms with Gasteiger partial charge < -0.3 is 14.3 Å². The highest BCUT2D eigenvalue weighted by Crippen LogP contribution is 2.26. The van der Waals surface area contributed by atoms with Crippen LogP contribution in [0.2, 0.25) is 0 Å². The maximum Gasteiger partial charge on any atom is 0.325 e. The number of nitrogens with zero attached hydrogens (tertiary/aromatic N) is 1. The van der Waals surface area contributed by atoms with Gasteiger partial charge in [0.2, 0.25) is 0 Å². The van der Waals surface area contributed by atoms with Gasteiger partial charge in [-0.15, -0.1) is 0 Å². The van der Waals surface area contributed by atoms with Crippen LogP contribution in [-0.4, -0.2) is 41.8 Å². The Labute approximate surface area is 123 Å². The lowest BCUT2D eigenvalue weighted by atomic mass is 9.98. The van der Waals surface area contributed by atoms with Crippen LogP contribution >= 0.6 is 0 Å². The van der Waals surface area contributed by atoms with Crippen molar-refractivity contribution in [1.29, 1.82) is 0 Å². The molecule has 5 nitrogen and oxygen atoms in total. The number of likely N-dealkylation sites (tertiary alicyclic amines) is 1. The summed E-state index contributed by atoms with van der Waals surface area (Å²) in [4.78, 5) is 13.9. The molecule has 112 valence electrons. The molecule has 2 heterocycles. The predicted molar refractivity (Wildman–Crippen MR) is 77.7 cm³/mol. The SMILES string of the molecule is COC(=O)[C@H]1[C@H](O)CCCN1Cc1coc2ccccc12. The Bertz CT molecular complexity index is 636. The number of fused-ring (bicyclic) bond motifs is 1. The van der Waals surface area contributed by atoms with E-state index in [2.05, 4.69) is 0 Å². The molecule has 1 aromatic heterocycles. The van der Waals surface area contributed by atoms with Crippen LogP contribution in [0, 0.1) is 0 Å². The highest BCUT2D eigenvalue weighted by atomic mass is 16.5. The summed E-state index contributed by atoms with van der Waals surface area (Å²) in [6.07, 6.45) is 2.54. The maximum atomic E-state index is 11.9. The van der Waals surface area contributed by atoms with Crippen LogP contribution in [0.25, 0.3) is 11.0 Å². The molecule has 0 saturated carbocycles. The second-order valence-electron chi connectivity index (χ2n) is 5.41. The largest absolute Gasteiger partial charge is 0.468 e. The minimum Gasteiger partial charge on any atom is -0.468 e. The van der Waals surface area contributed by atoms with E-state index in [4.69, 9.17) is 9.15 Å². The molecule has 0 unspecified atom stereocenters. The van der Waals surface area contributed by atoms with Crippen LogP contribution in [-0.2, 0) is 16.1 Å². The Kier molecular flexibility index (Phi) is 3.94. The van der Waals surface area contributed by atoms with Gasteiger partial charge in [-0.05, 0) is 25.5 Å². The number of esters is 1. The van der Waals surface area contributed by atoms with Crippen molar-refractivity contribution in [1.82, 2.24) is 4.90 Å². The van der Waals surface area contributed by atoms with E-state index in [-0.39, 0.29) is 5.97 Å². The number of hydrogen-bond donors (Lipinski definition) is 1. The fourth-order valence-corrected chi connectivity index (χ4v) is 3.02. The third kappa shape index (κ3) is 2.66. The van der Waals surface area contributed by atoms with E-state index in [1.807, 2.05) is 29.2 Å². The number of hydrogen-bond acceptors (Lipinski definition) is 5. The number of ether oxygens (including phenoxy) is 1. The number of piperidine rings is 1. The first-order chi connectivity index (χ1) is 10.2. The van der Waals surface area contributed by atoms with Gasteiger partial charge in [0.1, 0.15) is 11.6 Å². The Hall–Kier alpha value is -1.85. The second-order valence-corrected chi connectivity index (χ2v) is 5.41. The molecule has 1 N–H and O–H groups in total. The molecule has 1 aliphatic rings. The van der Waals surface area contributed by atoms with Gasteiger partial charge in [0, 0.05) is 17.5 Å². The fourth-order valence-electron chi connectivity index (χ4n) is 3.02. The fraction of sp³-hybridized carbons (Fsp3) is 0.438. The van der Waals surface area contributed by atoms with Crippen LogP contribution < -0.4 is 0 Å². The number of rotatable bonds is 3. The monoisotopic (exact) mass is 289 g/mol. The normalized spacial score (nSPS) is 23.3. The van der Waals surface area contributed by atoms with E-state index in [1.165, 1.54) is 7.11 Å². The van der Waals surface area contributed by atoms with E-state index in [0.29, 0.717) is 13.0 Å². The third-order valence-electron chi connectivity index (χ3n) is 4.08. The molecule has 1 fully saturated rings. The van der Waals surface area contributed by atoms with Crippen LogP contribution in [0.3, 0.4) is 0 Å². The Morgan fingerprint density at radius 1 is 1.48 bits per heavy atom. The number of methoxy groups -OCH3 is 1. The van der Waals surface area contributed by atoms with Gasteiger partial charge in [0.05, 0.1) is 19.5 Å². The summed E-state index contributed by atoms with van der Waals surface area (Å²) in [6.45, 7) is 1.32. The quantitative estimate of drug-likeness (QED) is 0.875. The van der Waals surface area contributed by atoms with Gasteiger partial charge in [-0.1, -0.05) is 18.2 Å². The van der Waals surface area contributed by atoms with Crippen LogP contribution in [0.15, 0.2) is 34.9 Å². The van der Waals surface area contributed by atoms with E-state index in [9.17, 15) is 9.90 Å².